The van der Waals surface area contributed by atoms with Crippen LogP contribution in [-0.2, 0) is 5.11 Å². The molecule has 1 heterocycles. The number of piperidine rings is 1. The van der Waals surface area contributed by atoms with Gasteiger partial charge < -0.3 is 15.0 Å². The predicted octanol–water partition coefficient (Wildman–Crippen LogP) is 5.45. The zero-order chi connectivity index (χ0) is 20.4. The minimum absolute atomic E-state index is 0.0763. The van der Waals surface area contributed by atoms with Gasteiger partial charge in [-0.2, -0.15) is 22.0 Å². The monoisotopic (exact) mass is 401 g/mol. The number of benzene rings is 2. The highest BCUT2D eigenvalue weighted by Crippen LogP contribution is 2.39. The number of hydrogen-bond acceptors (Lipinski definition) is 3. The van der Waals surface area contributed by atoms with Gasteiger partial charge in [0.15, 0.2) is 5.75 Å². The van der Waals surface area contributed by atoms with Crippen LogP contribution in [0, 0.1) is 0 Å². The second kappa shape index (κ2) is 7.73. The number of para-hydroxylation sites is 2. The van der Waals surface area contributed by atoms with Gasteiger partial charge in [-0.15, -0.1) is 0 Å². The Hall–Kier alpha value is -2.71. The number of rotatable bonds is 5. The number of ether oxygens (including phenoxy) is 1. The van der Waals surface area contributed by atoms with E-state index in [-0.39, 0.29) is 17.5 Å². The molecule has 1 aliphatic rings. The highest BCUT2D eigenvalue weighted by Gasteiger charge is 2.61. The van der Waals surface area contributed by atoms with E-state index in [0.29, 0.717) is 25.9 Å². The highest BCUT2D eigenvalue weighted by atomic mass is 19.4. The first-order valence-electron chi connectivity index (χ1n) is 8.67. The van der Waals surface area contributed by atoms with E-state index in [4.69, 9.17) is 0 Å². The standard InChI is InChI=1S/C19H18F5N2O2/c20-18(21,22)19(23,24)28-17-4-2-1-3-16(17)25-13-9-11-26(12-10-13)14-5-7-15(27)8-6-14/h1-8,13,25H,9-12H2. The predicted molar refractivity (Wildman–Crippen MR) is 93.5 cm³/mol. The van der Waals surface area contributed by atoms with Gasteiger partial charge >= 0.3 is 12.3 Å². The number of halogens is 5. The molecule has 1 fully saturated rings. The van der Waals surface area contributed by atoms with Gasteiger partial charge in [0, 0.05) is 24.8 Å². The summed E-state index contributed by atoms with van der Waals surface area (Å²) in [6.45, 7) is 1.30. The quantitative estimate of drug-likeness (QED) is 0.678. The smallest absolute Gasteiger partial charge is 0.424 e. The van der Waals surface area contributed by atoms with Crippen LogP contribution in [0.2, 0.25) is 0 Å². The van der Waals surface area contributed by atoms with Crippen LogP contribution < -0.4 is 15.0 Å². The molecule has 1 aliphatic heterocycles. The van der Waals surface area contributed by atoms with Crippen molar-refractivity contribution in [3.05, 3.63) is 48.5 Å². The zero-order valence-electron chi connectivity index (χ0n) is 14.7. The number of nitrogens with zero attached hydrogens (tertiary/aromatic N) is 1. The van der Waals surface area contributed by atoms with E-state index in [2.05, 4.69) is 15.0 Å². The summed E-state index contributed by atoms with van der Waals surface area (Å²) in [6.07, 6.45) is -9.79. The molecule has 0 aromatic heterocycles. The molecule has 28 heavy (non-hydrogen) atoms. The fourth-order valence-electron chi connectivity index (χ4n) is 3.03. The molecule has 0 aliphatic carbocycles. The Labute approximate surface area is 158 Å². The lowest BCUT2D eigenvalue weighted by atomic mass is 10.0. The van der Waals surface area contributed by atoms with E-state index >= 15 is 0 Å². The van der Waals surface area contributed by atoms with Crippen LogP contribution in [0.15, 0.2) is 48.5 Å². The van der Waals surface area contributed by atoms with Crippen LogP contribution in [0.4, 0.5) is 33.3 Å². The molecule has 1 radical (unpaired) electrons. The molecule has 151 valence electrons. The zero-order valence-corrected chi connectivity index (χ0v) is 14.7. The van der Waals surface area contributed by atoms with Gasteiger partial charge in [-0.25, -0.2) is 0 Å². The maximum absolute atomic E-state index is 13.2. The summed E-state index contributed by atoms with van der Waals surface area (Å²) >= 11 is 0. The number of alkyl halides is 5. The fourth-order valence-corrected chi connectivity index (χ4v) is 3.03. The van der Waals surface area contributed by atoms with Crippen LogP contribution in [0.5, 0.6) is 11.5 Å². The Morgan fingerprint density at radius 2 is 1.54 bits per heavy atom. The summed E-state index contributed by atoms with van der Waals surface area (Å²) in [5.74, 6) is -0.633. The Balaban J connectivity index is 1.63. The molecule has 0 amide bonds. The second-order valence-electron chi connectivity index (χ2n) is 6.51. The van der Waals surface area contributed by atoms with E-state index in [0.717, 1.165) is 11.8 Å². The van der Waals surface area contributed by atoms with Crippen molar-refractivity contribution in [1.82, 2.24) is 0 Å². The van der Waals surface area contributed by atoms with Crippen molar-refractivity contribution < 1.29 is 31.8 Å². The first kappa shape index (κ1) is 20.0. The van der Waals surface area contributed by atoms with Crippen LogP contribution in [-0.4, -0.2) is 31.4 Å². The summed E-state index contributed by atoms with van der Waals surface area (Å²) in [7, 11) is 0. The van der Waals surface area contributed by atoms with Gasteiger partial charge in [-0.05, 0) is 49.2 Å². The Morgan fingerprint density at radius 1 is 0.929 bits per heavy atom. The summed E-state index contributed by atoms with van der Waals surface area (Å²) in [5, 5.41) is 14.2. The van der Waals surface area contributed by atoms with Gasteiger partial charge in [-0.1, -0.05) is 12.1 Å². The topological polar surface area (TPSA) is 44.4 Å². The SMILES string of the molecule is [O]c1ccc(N2CCC(Nc3ccccc3OC(F)(F)C(F)(F)F)CC2)cc1. The molecule has 4 nitrogen and oxygen atoms in total. The number of nitrogens with one attached hydrogen (secondary N) is 1. The van der Waals surface area contributed by atoms with Crippen molar-refractivity contribution in [1.29, 1.82) is 0 Å². The lowest BCUT2D eigenvalue weighted by molar-refractivity contribution is -0.360. The molecule has 1 N–H and O–H groups in total. The third-order valence-corrected chi connectivity index (χ3v) is 4.51. The van der Waals surface area contributed by atoms with Crippen molar-refractivity contribution in [2.75, 3.05) is 23.3 Å². The Bertz CT molecular complexity index is 788. The van der Waals surface area contributed by atoms with Crippen molar-refractivity contribution in [3.63, 3.8) is 0 Å². The molecular formula is C19H18F5N2O2. The molecule has 3 rings (SSSR count). The van der Waals surface area contributed by atoms with E-state index < -0.39 is 18.0 Å². The summed E-state index contributed by atoms with van der Waals surface area (Å²) in [5.41, 5.74) is 0.993. The van der Waals surface area contributed by atoms with Gasteiger partial charge in [0.25, 0.3) is 0 Å². The van der Waals surface area contributed by atoms with Crippen molar-refractivity contribution in [2.45, 2.75) is 31.2 Å². The molecule has 0 unspecified atom stereocenters. The van der Waals surface area contributed by atoms with Crippen molar-refractivity contribution >= 4 is 11.4 Å². The molecule has 0 bridgehead atoms. The molecule has 0 spiro atoms. The van der Waals surface area contributed by atoms with Crippen LogP contribution >= 0.6 is 0 Å². The minimum Gasteiger partial charge on any atom is -0.424 e. The number of anilines is 2. The van der Waals surface area contributed by atoms with Gasteiger partial charge in [-0.3, -0.25) is 5.11 Å². The van der Waals surface area contributed by atoms with Gasteiger partial charge in [0.05, 0.1) is 5.69 Å². The summed E-state index contributed by atoms with van der Waals surface area (Å²) in [6, 6.07) is 11.6. The molecule has 9 heteroatoms. The van der Waals surface area contributed by atoms with Crippen LogP contribution in [0.1, 0.15) is 12.8 Å². The molecule has 0 saturated carbocycles. The van der Waals surface area contributed by atoms with E-state index in [1.807, 2.05) is 0 Å². The van der Waals surface area contributed by atoms with Crippen LogP contribution in [0.25, 0.3) is 0 Å². The molecule has 1 saturated heterocycles. The Morgan fingerprint density at radius 3 is 2.14 bits per heavy atom. The molecule has 0 atom stereocenters. The van der Waals surface area contributed by atoms with Gasteiger partial charge in [0.1, 0.15) is 5.75 Å². The molecule has 2 aromatic rings. The number of hydrogen-bond donors (Lipinski definition) is 1. The van der Waals surface area contributed by atoms with Gasteiger partial charge in [0.2, 0.25) is 0 Å². The molecule has 2 aromatic carbocycles. The minimum atomic E-state index is -5.80. The van der Waals surface area contributed by atoms with Crippen molar-refractivity contribution in [3.8, 4) is 11.5 Å². The summed E-state index contributed by atoms with van der Waals surface area (Å²) in [4.78, 5) is 2.08. The lowest BCUT2D eigenvalue weighted by Crippen LogP contribution is -2.42. The maximum Gasteiger partial charge on any atom is 0.499 e. The third-order valence-electron chi connectivity index (χ3n) is 4.51. The van der Waals surface area contributed by atoms with Crippen LogP contribution in [0.3, 0.4) is 0 Å². The lowest BCUT2D eigenvalue weighted by Gasteiger charge is -2.34. The third kappa shape index (κ3) is 4.58. The van der Waals surface area contributed by atoms with E-state index in [9.17, 15) is 27.1 Å². The molecular weight excluding hydrogens is 383 g/mol. The summed E-state index contributed by atoms with van der Waals surface area (Å²) < 4.78 is 67.7. The highest BCUT2D eigenvalue weighted by molar-refractivity contribution is 5.57. The maximum atomic E-state index is 13.2. The van der Waals surface area contributed by atoms with Crippen molar-refractivity contribution in [2.24, 2.45) is 0 Å². The normalized spacial score (nSPS) is 16.1. The Kier molecular flexibility index (Phi) is 5.53. The average Bonchev–Trinajstić information content (AvgIpc) is 2.64. The average molecular weight is 401 g/mol. The largest absolute Gasteiger partial charge is 0.499 e. The second-order valence-corrected chi connectivity index (χ2v) is 6.51. The van der Waals surface area contributed by atoms with E-state index in [1.165, 1.54) is 30.3 Å². The fraction of sp³-hybridized carbons (Fsp3) is 0.368. The first-order chi connectivity index (χ1) is 13.2. The first-order valence-corrected chi connectivity index (χ1v) is 8.67. The van der Waals surface area contributed by atoms with E-state index in [1.54, 1.807) is 12.1 Å².